The van der Waals surface area contributed by atoms with E-state index in [1.165, 1.54) is 18.2 Å². The molecular formula is C22H15N3O10. The summed E-state index contributed by atoms with van der Waals surface area (Å²) in [6.07, 6.45) is 0.490. The molecule has 3 aromatic rings. The van der Waals surface area contributed by atoms with E-state index in [4.69, 9.17) is 0 Å². The van der Waals surface area contributed by atoms with Gasteiger partial charge in [-0.1, -0.05) is 0 Å². The maximum absolute atomic E-state index is 11.9. The summed E-state index contributed by atoms with van der Waals surface area (Å²) >= 11 is 0. The highest BCUT2D eigenvalue weighted by Crippen LogP contribution is 2.36. The number of carboxylic acid groups (broad SMARTS) is 2. The van der Waals surface area contributed by atoms with Gasteiger partial charge in [0.15, 0.2) is 0 Å². The standard InChI is InChI=1S/C22H15N3O10/c26-10-23(12-1-3-19(28)17(8-12)21(30)31)14-5-15(7-16(6-14)25(34)35)24(11-27)13-2-4-20(29)18(9-13)22(32)33/h1-11,28-29H,(H,30,31)(H,32,33). The number of amides is 2. The predicted octanol–water partition coefficient (Wildman–Crippen LogP) is 2.99. The number of nitro groups is 1. The van der Waals surface area contributed by atoms with Gasteiger partial charge in [-0.2, -0.15) is 0 Å². The first-order valence-electron chi connectivity index (χ1n) is 9.48. The third kappa shape index (κ3) is 4.83. The molecule has 178 valence electrons. The first-order chi connectivity index (χ1) is 16.6. The Morgan fingerprint density at radius 3 is 1.43 bits per heavy atom. The highest BCUT2D eigenvalue weighted by molar-refractivity contribution is 5.97. The van der Waals surface area contributed by atoms with Crippen LogP contribution in [0.3, 0.4) is 0 Å². The quantitative estimate of drug-likeness (QED) is 0.200. The molecule has 0 saturated heterocycles. The summed E-state index contributed by atoms with van der Waals surface area (Å²) in [5.41, 5.74) is -2.01. The van der Waals surface area contributed by atoms with Gasteiger partial charge in [0.1, 0.15) is 22.6 Å². The zero-order valence-electron chi connectivity index (χ0n) is 17.4. The van der Waals surface area contributed by atoms with Gasteiger partial charge in [0, 0.05) is 23.5 Å². The number of carbonyl (C=O) groups is 4. The van der Waals surface area contributed by atoms with Crippen molar-refractivity contribution in [1.29, 1.82) is 0 Å². The van der Waals surface area contributed by atoms with E-state index < -0.39 is 45.2 Å². The van der Waals surface area contributed by atoms with Crippen LogP contribution in [0.5, 0.6) is 11.5 Å². The molecule has 4 N–H and O–H groups in total. The van der Waals surface area contributed by atoms with Crippen molar-refractivity contribution in [1.82, 2.24) is 0 Å². The maximum Gasteiger partial charge on any atom is 0.339 e. The third-order valence-corrected chi connectivity index (χ3v) is 4.84. The van der Waals surface area contributed by atoms with Gasteiger partial charge in [0.2, 0.25) is 12.8 Å². The van der Waals surface area contributed by atoms with Crippen LogP contribution in [-0.4, -0.2) is 50.1 Å². The number of carbonyl (C=O) groups excluding carboxylic acids is 2. The molecule has 0 aromatic heterocycles. The summed E-state index contributed by atoms with van der Waals surface area (Å²) in [7, 11) is 0. The summed E-state index contributed by atoms with van der Waals surface area (Å²) < 4.78 is 0. The molecule has 0 radical (unpaired) electrons. The van der Waals surface area contributed by atoms with E-state index in [0.29, 0.717) is 0 Å². The largest absolute Gasteiger partial charge is 0.507 e. The van der Waals surface area contributed by atoms with E-state index in [1.807, 2.05) is 0 Å². The number of hydrogen-bond donors (Lipinski definition) is 4. The average molecular weight is 481 g/mol. The van der Waals surface area contributed by atoms with Gasteiger partial charge in [-0.3, -0.25) is 29.5 Å². The number of aromatic carboxylic acids is 2. The Bertz CT molecular complexity index is 1280. The van der Waals surface area contributed by atoms with Crippen LogP contribution in [0.4, 0.5) is 28.4 Å². The average Bonchev–Trinajstić information content (AvgIpc) is 2.81. The van der Waals surface area contributed by atoms with Gasteiger partial charge >= 0.3 is 11.9 Å². The lowest BCUT2D eigenvalue weighted by molar-refractivity contribution is -0.384. The van der Waals surface area contributed by atoms with Crippen LogP contribution >= 0.6 is 0 Å². The lowest BCUT2D eigenvalue weighted by Crippen LogP contribution is -2.18. The predicted molar refractivity (Wildman–Crippen MR) is 120 cm³/mol. The van der Waals surface area contributed by atoms with Crippen molar-refractivity contribution in [3.8, 4) is 11.5 Å². The number of hydrogen-bond acceptors (Lipinski definition) is 8. The van der Waals surface area contributed by atoms with Crippen LogP contribution in [0, 0.1) is 10.1 Å². The topological polar surface area (TPSA) is 199 Å². The lowest BCUT2D eigenvalue weighted by atomic mass is 10.1. The third-order valence-electron chi connectivity index (χ3n) is 4.84. The molecule has 0 aliphatic rings. The molecule has 3 rings (SSSR count). The van der Waals surface area contributed by atoms with Crippen molar-refractivity contribution in [2.45, 2.75) is 0 Å². The van der Waals surface area contributed by atoms with Crippen molar-refractivity contribution in [3.05, 3.63) is 75.8 Å². The number of nitrogens with zero attached hydrogens (tertiary/aromatic N) is 3. The summed E-state index contributed by atoms with van der Waals surface area (Å²) in [5, 5.41) is 49.4. The van der Waals surface area contributed by atoms with E-state index in [1.54, 1.807) is 0 Å². The number of aromatic hydroxyl groups is 2. The Balaban J connectivity index is 2.19. The summed E-state index contributed by atoms with van der Waals surface area (Å²) in [6.45, 7) is 0. The molecule has 13 heteroatoms. The molecule has 0 atom stereocenters. The Labute approximate surface area is 195 Å². The molecule has 0 fully saturated rings. The van der Waals surface area contributed by atoms with E-state index in [0.717, 1.165) is 46.2 Å². The number of anilines is 4. The Hall–Kier alpha value is -5.46. The lowest BCUT2D eigenvalue weighted by Gasteiger charge is -2.22. The first-order valence-corrected chi connectivity index (χ1v) is 9.48. The Morgan fingerprint density at radius 1 is 0.714 bits per heavy atom. The molecular weight excluding hydrogens is 466 g/mol. The molecule has 0 unspecified atom stereocenters. The van der Waals surface area contributed by atoms with E-state index in [9.17, 15) is 49.7 Å². The van der Waals surface area contributed by atoms with Gasteiger partial charge in [-0.25, -0.2) is 9.59 Å². The maximum atomic E-state index is 11.9. The van der Waals surface area contributed by atoms with Crippen molar-refractivity contribution < 1.29 is 44.5 Å². The molecule has 0 saturated carbocycles. The molecule has 2 amide bonds. The molecule has 0 aliphatic heterocycles. The van der Waals surface area contributed by atoms with Gasteiger partial charge in [0.25, 0.3) is 5.69 Å². The van der Waals surface area contributed by atoms with Crippen LogP contribution in [0.1, 0.15) is 20.7 Å². The van der Waals surface area contributed by atoms with Gasteiger partial charge in [0.05, 0.1) is 16.3 Å². The number of carboxylic acids is 2. The van der Waals surface area contributed by atoms with Crippen LogP contribution in [-0.2, 0) is 9.59 Å². The van der Waals surface area contributed by atoms with E-state index in [-0.39, 0.29) is 35.6 Å². The number of non-ortho nitro benzene ring substituents is 1. The van der Waals surface area contributed by atoms with Crippen molar-refractivity contribution >= 4 is 53.2 Å². The van der Waals surface area contributed by atoms with Gasteiger partial charge in [-0.15, -0.1) is 0 Å². The van der Waals surface area contributed by atoms with Crippen molar-refractivity contribution in [3.63, 3.8) is 0 Å². The van der Waals surface area contributed by atoms with Gasteiger partial charge < -0.3 is 20.4 Å². The molecule has 0 heterocycles. The van der Waals surface area contributed by atoms with E-state index in [2.05, 4.69) is 0 Å². The summed E-state index contributed by atoms with van der Waals surface area (Å²) in [6, 6.07) is 9.57. The normalized spacial score (nSPS) is 10.3. The highest BCUT2D eigenvalue weighted by atomic mass is 16.6. The van der Waals surface area contributed by atoms with Crippen LogP contribution in [0.15, 0.2) is 54.6 Å². The number of phenols is 2. The highest BCUT2D eigenvalue weighted by Gasteiger charge is 2.22. The minimum atomic E-state index is -1.48. The molecule has 0 spiro atoms. The molecule has 3 aromatic carbocycles. The minimum absolute atomic E-state index is 0.0582. The second-order valence-corrected chi connectivity index (χ2v) is 6.93. The molecule has 35 heavy (non-hydrogen) atoms. The molecule has 0 bridgehead atoms. The van der Waals surface area contributed by atoms with Crippen LogP contribution in [0.2, 0.25) is 0 Å². The first kappa shape index (κ1) is 24.2. The summed E-state index contributed by atoms with van der Waals surface area (Å²) in [5.74, 6) is -4.10. The van der Waals surface area contributed by atoms with Crippen LogP contribution < -0.4 is 9.80 Å². The number of benzene rings is 3. The fraction of sp³-hybridized carbons (Fsp3) is 0. The fourth-order valence-corrected chi connectivity index (χ4v) is 3.20. The zero-order valence-corrected chi connectivity index (χ0v) is 17.4. The Kier molecular flexibility index (Phi) is 6.62. The van der Waals surface area contributed by atoms with Gasteiger partial charge in [-0.05, 0) is 42.5 Å². The second kappa shape index (κ2) is 9.58. The monoisotopic (exact) mass is 481 g/mol. The fourth-order valence-electron chi connectivity index (χ4n) is 3.20. The zero-order chi connectivity index (χ0) is 25.9. The van der Waals surface area contributed by atoms with Crippen molar-refractivity contribution in [2.75, 3.05) is 9.80 Å². The molecule has 0 aliphatic carbocycles. The second-order valence-electron chi connectivity index (χ2n) is 6.93. The summed E-state index contributed by atoms with van der Waals surface area (Å²) in [4.78, 5) is 58.9. The minimum Gasteiger partial charge on any atom is -0.507 e. The van der Waals surface area contributed by atoms with Crippen LogP contribution in [0.25, 0.3) is 0 Å². The smallest absolute Gasteiger partial charge is 0.339 e. The molecule has 13 nitrogen and oxygen atoms in total. The van der Waals surface area contributed by atoms with E-state index >= 15 is 0 Å². The van der Waals surface area contributed by atoms with Crippen molar-refractivity contribution in [2.24, 2.45) is 0 Å². The number of nitro benzene ring substituents is 1. The Morgan fingerprint density at radius 2 is 1.11 bits per heavy atom. The SMILES string of the molecule is O=CN(c1cc(N(C=O)c2ccc(O)c(C(=O)O)c2)cc([N+](=O)[O-])c1)c1ccc(O)c(C(=O)O)c1. The number of rotatable bonds is 9.